The van der Waals surface area contributed by atoms with Gasteiger partial charge in [0.05, 0.1) is 37.2 Å². The molecule has 0 aliphatic carbocycles. The second kappa shape index (κ2) is 10.0. The van der Waals surface area contributed by atoms with Crippen LogP contribution in [0.25, 0.3) is 10.8 Å². The first-order valence-corrected chi connectivity index (χ1v) is 14.1. The van der Waals surface area contributed by atoms with Crippen LogP contribution in [0.1, 0.15) is 24.9 Å². The number of benzene rings is 3. The number of ether oxygens (including phenoxy) is 2. The summed E-state index contributed by atoms with van der Waals surface area (Å²) in [5.41, 5.74) is 0.0122. The Bertz CT molecular complexity index is 1430. The van der Waals surface area contributed by atoms with E-state index in [4.69, 9.17) is 9.47 Å². The Morgan fingerprint density at radius 3 is 2.56 bits per heavy atom. The Kier molecular flexibility index (Phi) is 6.69. The number of anilines is 1. The first kappa shape index (κ1) is 26.0. The fourth-order valence-electron chi connectivity index (χ4n) is 6.72. The predicted molar refractivity (Wildman–Crippen MR) is 148 cm³/mol. The molecule has 2 amide bonds. The number of rotatable bonds is 7. The summed E-state index contributed by atoms with van der Waals surface area (Å²) in [5.74, 6) is -3.09. The smallest absolute Gasteiger partial charge is 0.312 e. The molecule has 6 rings (SSSR count). The van der Waals surface area contributed by atoms with E-state index in [1.807, 2.05) is 72.8 Å². The number of carbonyl (C=O) groups excluding carboxylic acids is 3. The van der Waals surface area contributed by atoms with Crippen LogP contribution in [-0.4, -0.2) is 63.6 Å². The van der Waals surface area contributed by atoms with Gasteiger partial charge in [0.25, 0.3) is 0 Å². The van der Waals surface area contributed by atoms with Crippen molar-refractivity contribution in [1.29, 1.82) is 0 Å². The normalized spacial score (nSPS) is 29.9. The molecule has 0 saturated carbocycles. The summed E-state index contributed by atoms with van der Waals surface area (Å²) in [6.45, 7) is 1.48. The van der Waals surface area contributed by atoms with Gasteiger partial charge in [0, 0.05) is 10.5 Å². The molecule has 3 aliphatic heterocycles. The fraction of sp³-hybridized carbons (Fsp3) is 0.367. The lowest BCUT2D eigenvalue weighted by molar-refractivity contribution is -0.155. The average molecular weight is 593 g/mol. The van der Waals surface area contributed by atoms with Crippen molar-refractivity contribution in [2.24, 2.45) is 11.8 Å². The van der Waals surface area contributed by atoms with E-state index in [2.05, 4.69) is 21.2 Å². The van der Waals surface area contributed by atoms with Gasteiger partial charge in [-0.15, -0.1) is 0 Å². The van der Waals surface area contributed by atoms with Crippen LogP contribution in [0.5, 0.6) is 0 Å². The minimum Gasteiger partial charge on any atom is -0.466 e. The third-order valence-electron chi connectivity index (χ3n) is 8.24. The van der Waals surface area contributed by atoms with Gasteiger partial charge in [-0.1, -0.05) is 76.6 Å². The van der Waals surface area contributed by atoms with E-state index in [0.29, 0.717) is 17.7 Å². The standard InChI is InChI=1S/C30H29BrN2O6/c1-2-38-29(37)23-24-28(36)33(22(16-34)18-9-4-3-5-10-18)26(30(24)15-21(31)25(23)39-30)27(35)32-20-13-12-17-8-6-7-11-19(17)14-20/h3-14,21-26,34H,2,15-16H2,1H3,(H,32,35)/t21?,22-,23+,24+,25+,26?,30?/m1/s1. The van der Waals surface area contributed by atoms with Crippen molar-refractivity contribution < 1.29 is 29.0 Å². The predicted octanol–water partition coefficient (Wildman–Crippen LogP) is 3.82. The number of likely N-dealkylation sites (tertiary alicyclic amines) is 1. The first-order valence-electron chi connectivity index (χ1n) is 13.2. The molecule has 0 radical (unpaired) electrons. The van der Waals surface area contributed by atoms with Crippen LogP contribution in [0.3, 0.4) is 0 Å². The van der Waals surface area contributed by atoms with E-state index in [9.17, 15) is 19.5 Å². The number of hydrogen-bond donors (Lipinski definition) is 2. The van der Waals surface area contributed by atoms with Crippen molar-refractivity contribution in [3.8, 4) is 0 Å². The Morgan fingerprint density at radius 2 is 1.85 bits per heavy atom. The molecule has 3 aromatic rings. The highest BCUT2D eigenvalue weighted by molar-refractivity contribution is 9.09. The maximum absolute atomic E-state index is 14.2. The topological polar surface area (TPSA) is 105 Å². The molecule has 2 bridgehead atoms. The maximum Gasteiger partial charge on any atom is 0.312 e. The minimum absolute atomic E-state index is 0.168. The van der Waals surface area contributed by atoms with Gasteiger partial charge < -0.3 is 24.8 Å². The molecule has 3 aromatic carbocycles. The summed E-state index contributed by atoms with van der Waals surface area (Å²) in [6, 6.07) is 20.7. The molecule has 202 valence electrons. The van der Waals surface area contributed by atoms with E-state index in [0.717, 1.165) is 10.8 Å². The number of amides is 2. The number of esters is 1. The number of carbonyl (C=O) groups is 3. The first-order chi connectivity index (χ1) is 18.9. The third-order valence-corrected chi connectivity index (χ3v) is 9.09. The number of alkyl halides is 1. The molecule has 9 heteroatoms. The Morgan fingerprint density at radius 1 is 1.13 bits per heavy atom. The van der Waals surface area contributed by atoms with Crippen LogP contribution < -0.4 is 5.32 Å². The molecule has 1 spiro atoms. The van der Waals surface area contributed by atoms with Crippen LogP contribution in [0, 0.1) is 11.8 Å². The summed E-state index contributed by atoms with van der Waals surface area (Å²) in [6.07, 6.45) is -0.233. The quantitative estimate of drug-likeness (QED) is 0.319. The van der Waals surface area contributed by atoms with Gasteiger partial charge in [0.1, 0.15) is 11.6 Å². The largest absolute Gasteiger partial charge is 0.466 e. The molecule has 3 saturated heterocycles. The molecule has 7 atom stereocenters. The minimum atomic E-state index is -1.25. The second-order valence-electron chi connectivity index (χ2n) is 10.3. The number of aliphatic hydroxyl groups excluding tert-OH is 1. The van der Waals surface area contributed by atoms with Crippen LogP contribution in [0.15, 0.2) is 72.8 Å². The van der Waals surface area contributed by atoms with Gasteiger partial charge in [0.2, 0.25) is 11.8 Å². The van der Waals surface area contributed by atoms with Gasteiger partial charge in [-0.25, -0.2) is 0 Å². The number of halogens is 1. The average Bonchev–Trinajstić information content (AvgIpc) is 3.53. The number of hydrogen-bond acceptors (Lipinski definition) is 6. The lowest BCUT2D eigenvalue weighted by atomic mass is 9.70. The highest BCUT2D eigenvalue weighted by Gasteiger charge is 2.77. The third kappa shape index (κ3) is 4.06. The highest BCUT2D eigenvalue weighted by Crippen LogP contribution is 2.61. The maximum atomic E-state index is 14.2. The van der Waals surface area contributed by atoms with Crippen molar-refractivity contribution >= 4 is 50.2 Å². The van der Waals surface area contributed by atoms with Crippen LogP contribution >= 0.6 is 15.9 Å². The highest BCUT2D eigenvalue weighted by atomic mass is 79.9. The summed E-state index contributed by atoms with van der Waals surface area (Å²) in [4.78, 5) is 42.8. The Hall–Kier alpha value is -3.27. The lowest BCUT2D eigenvalue weighted by Crippen LogP contribution is -2.54. The Balaban J connectivity index is 1.44. The van der Waals surface area contributed by atoms with Crippen LogP contribution in [0.2, 0.25) is 0 Å². The SMILES string of the molecule is CCOC(=O)[C@H]1[C@H]2C(=O)N([C@H](CO)c3ccccc3)C(C(=O)Nc3ccc4ccccc4c3)C23CC(Br)[C@@H]1O3. The van der Waals surface area contributed by atoms with Crippen LogP contribution in [0.4, 0.5) is 5.69 Å². The van der Waals surface area contributed by atoms with Crippen molar-refractivity contribution in [1.82, 2.24) is 4.90 Å². The van der Waals surface area contributed by atoms with Gasteiger partial charge in [-0.2, -0.15) is 0 Å². The summed E-state index contributed by atoms with van der Waals surface area (Å²) < 4.78 is 11.9. The zero-order chi connectivity index (χ0) is 27.3. The van der Waals surface area contributed by atoms with Gasteiger partial charge in [-0.3, -0.25) is 14.4 Å². The zero-order valence-corrected chi connectivity index (χ0v) is 22.9. The molecular weight excluding hydrogens is 564 g/mol. The molecule has 39 heavy (non-hydrogen) atoms. The number of aliphatic hydroxyl groups is 1. The second-order valence-corrected chi connectivity index (χ2v) is 11.5. The van der Waals surface area contributed by atoms with Gasteiger partial charge >= 0.3 is 5.97 Å². The molecule has 3 aliphatic rings. The lowest BCUT2D eigenvalue weighted by Gasteiger charge is -2.37. The monoisotopic (exact) mass is 592 g/mol. The number of fused-ring (bicyclic) bond motifs is 2. The number of nitrogens with zero attached hydrogens (tertiary/aromatic N) is 1. The molecule has 8 nitrogen and oxygen atoms in total. The molecule has 3 fully saturated rings. The van der Waals surface area contributed by atoms with E-state index in [-0.39, 0.29) is 11.4 Å². The van der Waals surface area contributed by atoms with E-state index in [1.54, 1.807) is 6.92 Å². The van der Waals surface area contributed by atoms with Gasteiger partial charge in [-0.05, 0) is 41.8 Å². The molecule has 2 N–H and O–H groups in total. The molecule has 3 heterocycles. The fourth-order valence-corrected chi connectivity index (χ4v) is 7.66. The van der Waals surface area contributed by atoms with Crippen molar-refractivity contribution in [3.63, 3.8) is 0 Å². The van der Waals surface area contributed by atoms with Crippen molar-refractivity contribution in [2.45, 2.75) is 42.0 Å². The molecular formula is C30H29BrN2O6. The van der Waals surface area contributed by atoms with E-state index in [1.165, 1.54) is 4.90 Å². The Labute approximate surface area is 234 Å². The summed E-state index contributed by atoms with van der Waals surface area (Å²) >= 11 is 3.65. The van der Waals surface area contributed by atoms with Crippen molar-refractivity contribution in [3.05, 3.63) is 78.4 Å². The van der Waals surface area contributed by atoms with Crippen LogP contribution in [-0.2, 0) is 23.9 Å². The zero-order valence-electron chi connectivity index (χ0n) is 21.3. The number of nitrogens with one attached hydrogen (secondary N) is 1. The van der Waals surface area contributed by atoms with E-state index >= 15 is 0 Å². The summed E-state index contributed by atoms with van der Waals surface area (Å²) in [5, 5.41) is 15.5. The summed E-state index contributed by atoms with van der Waals surface area (Å²) in [7, 11) is 0. The van der Waals surface area contributed by atoms with Crippen molar-refractivity contribution in [2.75, 3.05) is 18.5 Å². The van der Waals surface area contributed by atoms with Gasteiger partial charge in [0.15, 0.2) is 0 Å². The van der Waals surface area contributed by atoms with E-state index < -0.39 is 60.0 Å². The molecule has 3 unspecified atom stereocenters. The molecule has 0 aromatic heterocycles.